The maximum atomic E-state index is 9.55. The van der Waals surface area contributed by atoms with Gasteiger partial charge in [-0.05, 0) is 13.8 Å². The SMILES string of the molecule is CC(O)C1CN2CCN1C(C)C2. The van der Waals surface area contributed by atoms with Gasteiger partial charge in [-0.2, -0.15) is 0 Å². The number of hydrogen-bond donors (Lipinski definition) is 1. The lowest BCUT2D eigenvalue weighted by molar-refractivity contribution is -0.0689. The van der Waals surface area contributed by atoms with Crippen molar-refractivity contribution in [2.45, 2.75) is 32.0 Å². The van der Waals surface area contributed by atoms with Crippen molar-refractivity contribution >= 4 is 0 Å². The second-order valence-corrected chi connectivity index (χ2v) is 4.15. The van der Waals surface area contributed by atoms with E-state index in [0.29, 0.717) is 12.1 Å². The van der Waals surface area contributed by atoms with Gasteiger partial charge in [-0.1, -0.05) is 0 Å². The maximum absolute atomic E-state index is 9.55. The molecular weight excluding hydrogens is 152 g/mol. The van der Waals surface area contributed by atoms with Gasteiger partial charge in [0.05, 0.1) is 6.10 Å². The van der Waals surface area contributed by atoms with E-state index in [0.717, 1.165) is 13.1 Å². The molecule has 3 saturated heterocycles. The van der Waals surface area contributed by atoms with E-state index in [1.807, 2.05) is 6.92 Å². The van der Waals surface area contributed by atoms with E-state index in [2.05, 4.69) is 16.7 Å². The molecule has 3 fully saturated rings. The highest BCUT2D eigenvalue weighted by Gasteiger charge is 2.38. The van der Waals surface area contributed by atoms with Crippen molar-refractivity contribution in [1.82, 2.24) is 9.80 Å². The maximum Gasteiger partial charge on any atom is 0.0679 e. The normalized spacial score (nSPS) is 49.2. The van der Waals surface area contributed by atoms with Gasteiger partial charge in [-0.3, -0.25) is 9.80 Å². The fourth-order valence-corrected chi connectivity index (χ4v) is 2.50. The minimum Gasteiger partial charge on any atom is -0.392 e. The van der Waals surface area contributed by atoms with Crippen molar-refractivity contribution in [2.75, 3.05) is 26.2 Å². The lowest BCUT2D eigenvalue weighted by Crippen LogP contribution is -2.67. The highest BCUT2D eigenvalue weighted by atomic mass is 16.3. The standard InChI is InChI=1S/C9H18N2O/c1-7-5-10-3-4-11(7)9(6-10)8(2)12/h7-9,12H,3-6H2,1-2H3. The zero-order chi connectivity index (χ0) is 8.72. The van der Waals surface area contributed by atoms with Crippen LogP contribution in [0.1, 0.15) is 13.8 Å². The second-order valence-electron chi connectivity index (χ2n) is 4.15. The molecule has 3 nitrogen and oxygen atoms in total. The number of piperazine rings is 3. The first-order valence-corrected chi connectivity index (χ1v) is 4.84. The van der Waals surface area contributed by atoms with Crippen molar-refractivity contribution in [3.8, 4) is 0 Å². The van der Waals surface area contributed by atoms with Crippen molar-refractivity contribution in [3.05, 3.63) is 0 Å². The Morgan fingerprint density at radius 3 is 2.50 bits per heavy atom. The Hall–Kier alpha value is -0.120. The molecule has 0 aliphatic carbocycles. The molecule has 12 heavy (non-hydrogen) atoms. The van der Waals surface area contributed by atoms with E-state index in [1.165, 1.54) is 13.1 Å². The molecule has 70 valence electrons. The summed E-state index contributed by atoms with van der Waals surface area (Å²) in [7, 11) is 0. The summed E-state index contributed by atoms with van der Waals surface area (Å²) in [5.41, 5.74) is 0. The van der Waals surface area contributed by atoms with Crippen molar-refractivity contribution < 1.29 is 5.11 Å². The quantitative estimate of drug-likeness (QED) is 0.588. The minimum absolute atomic E-state index is 0.185. The van der Waals surface area contributed by atoms with Crippen LogP contribution in [-0.2, 0) is 0 Å². The number of hydrogen-bond acceptors (Lipinski definition) is 3. The number of aliphatic hydroxyl groups excluding tert-OH is 1. The third-order valence-corrected chi connectivity index (χ3v) is 3.19. The molecule has 3 heterocycles. The third kappa shape index (κ3) is 1.26. The van der Waals surface area contributed by atoms with Crippen LogP contribution in [0.5, 0.6) is 0 Å². The van der Waals surface area contributed by atoms with Gasteiger partial charge >= 0.3 is 0 Å². The number of nitrogens with zero attached hydrogens (tertiary/aromatic N) is 2. The van der Waals surface area contributed by atoms with E-state index >= 15 is 0 Å². The highest BCUT2D eigenvalue weighted by Crippen LogP contribution is 2.22. The van der Waals surface area contributed by atoms with Gasteiger partial charge in [0, 0.05) is 38.3 Å². The zero-order valence-corrected chi connectivity index (χ0v) is 7.90. The van der Waals surface area contributed by atoms with Gasteiger partial charge < -0.3 is 5.11 Å². The molecule has 0 spiro atoms. The zero-order valence-electron chi connectivity index (χ0n) is 7.90. The molecule has 5 atom stereocenters. The van der Waals surface area contributed by atoms with Crippen molar-refractivity contribution in [3.63, 3.8) is 0 Å². The first-order chi connectivity index (χ1) is 5.68. The van der Waals surface area contributed by atoms with Crippen LogP contribution in [0.4, 0.5) is 0 Å². The molecule has 0 amide bonds. The molecule has 3 aliphatic rings. The van der Waals surface area contributed by atoms with Crippen LogP contribution in [0, 0.1) is 0 Å². The van der Waals surface area contributed by atoms with E-state index < -0.39 is 0 Å². The molecule has 3 aliphatic heterocycles. The summed E-state index contributed by atoms with van der Waals surface area (Å²) in [6, 6.07) is 1.01. The van der Waals surface area contributed by atoms with E-state index in [-0.39, 0.29) is 6.10 Å². The summed E-state index contributed by atoms with van der Waals surface area (Å²) in [5.74, 6) is 0. The van der Waals surface area contributed by atoms with Crippen molar-refractivity contribution in [1.29, 1.82) is 0 Å². The molecule has 0 aromatic heterocycles. The first-order valence-electron chi connectivity index (χ1n) is 4.84. The summed E-state index contributed by atoms with van der Waals surface area (Å²) < 4.78 is 0. The van der Waals surface area contributed by atoms with Gasteiger partial charge in [-0.15, -0.1) is 0 Å². The summed E-state index contributed by atoms with van der Waals surface area (Å²) >= 11 is 0. The summed E-state index contributed by atoms with van der Waals surface area (Å²) in [5, 5.41) is 9.55. The lowest BCUT2D eigenvalue weighted by Gasteiger charge is -2.52. The summed E-state index contributed by atoms with van der Waals surface area (Å²) in [6.45, 7) is 8.72. The Balaban J connectivity index is 2.09. The van der Waals surface area contributed by atoms with E-state index in [1.54, 1.807) is 0 Å². The molecule has 0 saturated carbocycles. The Labute approximate surface area is 74.0 Å². The lowest BCUT2D eigenvalue weighted by atomic mass is 9.99. The first kappa shape index (κ1) is 8.48. The van der Waals surface area contributed by atoms with Crippen LogP contribution >= 0.6 is 0 Å². The average molecular weight is 170 g/mol. The summed E-state index contributed by atoms with van der Waals surface area (Å²) in [4.78, 5) is 4.91. The van der Waals surface area contributed by atoms with Crippen LogP contribution in [0.3, 0.4) is 0 Å². The fourth-order valence-electron chi connectivity index (χ4n) is 2.50. The van der Waals surface area contributed by atoms with Gasteiger partial charge in [0.15, 0.2) is 0 Å². The predicted molar refractivity (Wildman–Crippen MR) is 48.1 cm³/mol. The minimum atomic E-state index is -0.185. The van der Waals surface area contributed by atoms with Crippen LogP contribution in [-0.4, -0.2) is 59.3 Å². The molecule has 5 unspecified atom stereocenters. The Bertz CT molecular complexity index is 172. The van der Waals surface area contributed by atoms with Crippen LogP contribution in [0.15, 0.2) is 0 Å². The van der Waals surface area contributed by atoms with Crippen LogP contribution < -0.4 is 0 Å². The molecular formula is C9H18N2O. The predicted octanol–water partition coefficient (Wildman–Crippen LogP) is -0.245. The summed E-state index contributed by atoms with van der Waals surface area (Å²) in [6.07, 6.45) is -0.185. The fraction of sp³-hybridized carbons (Fsp3) is 1.00. The molecule has 3 heteroatoms. The highest BCUT2D eigenvalue weighted by molar-refractivity contribution is 4.94. The monoisotopic (exact) mass is 170 g/mol. The van der Waals surface area contributed by atoms with Crippen LogP contribution in [0.25, 0.3) is 0 Å². The van der Waals surface area contributed by atoms with Gasteiger partial charge in [0.25, 0.3) is 0 Å². The largest absolute Gasteiger partial charge is 0.392 e. The number of aliphatic hydroxyl groups is 1. The number of rotatable bonds is 1. The Morgan fingerprint density at radius 1 is 1.33 bits per heavy atom. The molecule has 2 bridgehead atoms. The Morgan fingerprint density at radius 2 is 2.08 bits per heavy atom. The van der Waals surface area contributed by atoms with Crippen molar-refractivity contribution in [2.24, 2.45) is 0 Å². The van der Waals surface area contributed by atoms with Gasteiger partial charge in [0.1, 0.15) is 0 Å². The molecule has 0 radical (unpaired) electrons. The van der Waals surface area contributed by atoms with E-state index in [4.69, 9.17) is 0 Å². The van der Waals surface area contributed by atoms with Gasteiger partial charge in [0.2, 0.25) is 0 Å². The Kier molecular flexibility index (Phi) is 2.10. The van der Waals surface area contributed by atoms with Crippen LogP contribution in [0.2, 0.25) is 0 Å². The third-order valence-electron chi connectivity index (χ3n) is 3.19. The molecule has 0 aromatic rings. The smallest absolute Gasteiger partial charge is 0.0679 e. The topological polar surface area (TPSA) is 26.7 Å². The van der Waals surface area contributed by atoms with Gasteiger partial charge in [-0.25, -0.2) is 0 Å². The average Bonchev–Trinajstić information content (AvgIpc) is 2.04. The molecule has 3 rings (SSSR count). The molecule has 1 N–H and O–H groups in total. The second kappa shape index (κ2) is 2.98. The van der Waals surface area contributed by atoms with E-state index in [9.17, 15) is 5.11 Å². The number of fused-ring (bicyclic) bond motifs is 3. The molecule has 0 aromatic carbocycles.